The number of hydrogen-bond acceptors (Lipinski definition) is 3. The Bertz CT molecular complexity index is 866. The third kappa shape index (κ3) is 12.3. The molecule has 1 unspecified atom stereocenters. The number of nitrogens with one attached hydrogen (secondary N) is 1. The minimum absolute atomic E-state index is 0.169. The number of rotatable bonds is 20. The van der Waals surface area contributed by atoms with E-state index in [9.17, 15) is 13.2 Å². The smallest absolute Gasteiger partial charge is 0.433 e. The fourth-order valence-electron chi connectivity index (χ4n) is 4.63. The van der Waals surface area contributed by atoms with Gasteiger partial charge in [-0.3, -0.25) is 0 Å². The fraction of sp³-hybridized carbons (Fsp3) is 0.700. The largest absolute Gasteiger partial charge is 0.489 e. The zero-order valence-electron chi connectivity index (χ0n) is 23.2. The summed E-state index contributed by atoms with van der Waals surface area (Å²) in [6.45, 7) is 4.65. The molecule has 1 aromatic heterocycles. The second-order valence-electron chi connectivity index (χ2n) is 10.2. The Hall–Kier alpha value is -2.18. The molecule has 0 aliphatic carbocycles. The van der Waals surface area contributed by atoms with Gasteiger partial charge in [0, 0.05) is 7.05 Å². The molecule has 0 bridgehead atoms. The summed E-state index contributed by atoms with van der Waals surface area (Å²) in [5.41, 5.74) is 0.493. The van der Waals surface area contributed by atoms with E-state index in [1.807, 2.05) is 19.1 Å². The number of anilines is 1. The molecule has 4 nitrogen and oxygen atoms in total. The van der Waals surface area contributed by atoms with Crippen LogP contribution in [0, 0.1) is 0 Å². The summed E-state index contributed by atoms with van der Waals surface area (Å²) in [5, 5.41) is 3.00. The normalized spacial score (nSPS) is 12.6. The highest BCUT2D eigenvalue weighted by Gasteiger charge is 2.35. The highest BCUT2D eigenvalue weighted by molar-refractivity contribution is 5.31. The van der Waals surface area contributed by atoms with E-state index < -0.39 is 11.9 Å². The van der Waals surface area contributed by atoms with Crippen molar-refractivity contribution in [1.82, 2.24) is 9.55 Å². The van der Waals surface area contributed by atoms with Crippen molar-refractivity contribution < 1.29 is 17.9 Å². The number of halogens is 3. The van der Waals surface area contributed by atoms with Gasteiger partial charge in [0.2, 0.25) is 5.95 Å². The van der Waals surface area contributed by atoms with Crippen molar-refractivity contribution in [1.29, 1.82) is 0 Å². The average molecular weight is 524 g/mol. The van der Waals surface area contributed by atoms with Gasteiger partial charge >= 0.3 is 6.18 Å². The molecule has 1 atom stereocenters. The lowest BCUT2D eigenvalue weighted by atomic mass is 10.0. The van der Waals surface area contributed by atoms with E-state index in [4.69, 9.17) is 4.74 Å². The quantitative estimate of drug-likeness (QED) is 0.176. The van der Waals surface area contributed by atoms with E-state index in [1.165, 1.54) is 96.1 Å². The van der Waals surface area contributed by atoms with Crippen molar-refractivity contribution in [2.75, 3.05) is 11.9 Å². The minimum Gasteiger partial charge on any atom is -0.489 e. The summed E-state index contributed by atoms with van der Waals surface area (Å²) >= 11 is 0. The standard InChI is InChI=1S/C30H48F3N3O/c1-4-6-7-8-9-10-11-12-13-14-15-16-17-19-25-20-18-21-27(22-25)37-26(5-2)23-34-29-35-24-28(36(29)3)30(31,32)33/h18,20-22,24,26H,4-17,19,23H2,1-3H3,(H,34,35). The molecule has 0 fully saturated rings. The van der Waals surface area contributed by atoms with Crippen molar-refractivity contribution in [3.63, 3.8) is 0 Å². The third-order valence-corrected chi connectivity index (χ3v) is 6.99. The first-order valence-electron chi connectivity index (χ1n) is 14.4. The van der Waals surface area contributed by atoms with Crippen molar-refractivity contribution in [3.05, 3.63) is 41.7 Å². The first-order valence-corrected chi connectivity index (χ1v) is 14.4. The molecule has 0 aliphatic rings. The lowest BCUT2D eigenvalue weighted by Crippen LogP contribution is -2.26. The molecule has 0 amide bonds. The van der Waals surface area contributed by atoms with Gasteiger partial charge in [-0.2, -0.15) is 13.2 Å². The molecule has 1 heterocycles. The second kappa shape index (κ2) is 17.4. The van der Waals surface area contributed by atoms with E-state index in [2.05, 4.69) is 29.4 Å². The molecular weight excluding hydrogens is 475 g/mol. The molecule has 0 spiro atoms. The van der Waals surface area contributed by atoms with Gasteiger partial charge in [0.25, 0.3) is 0 Å². The van der Waals surface area contributed by atoms with E-state index in [0.29, 0.717) is 6.54 Å². The monoisotopic (exact) mass is 523 g/mol. The van der Waals surface area contributed by atoms with Gasteiger partial charge in [0.1, 0.15) is 17.5 Å². The van der Waals surface area contributed by atoms with Gasteiger partial charge in [-0.15, -0.1) is 0 Å². The maximum atomic E-state index is 13.0. The summed E-state index contributed by atoms with van der Waals surface area (Å²) in [7, 11) is 1.36. The number of alkyl halides is 3. The molecule has 37 heavy (non-hydrogen) atoms. The first-order chi connectivity index (χ1) is 17.8. The van der Waals surface area contributed by atoms with Gasteiger partial charge < -0.3 is 14.6 Å². The van der Waals surface area contributed by atoms with Gasteiger partial charge in [-0.05, 0) is 37.0 Å². The van der Waals surface area contributed by atoms with Crippen LogP contribution in [0.3, 0.4) is 0 Å². The predicted octanol–water partition coefficient (Wildman–Crippen LogP) is 9.34. The lowest BCUT2D eigenvalue weighted by Gasteiger charge is -2.19. The first kappa shape index (κ1) is 31.0. The summed E-state index contributed by atoms with van der Waals surface area (Å²) < 4.78 is 46.1. The molecule has 2 rings (SSSR count). The van der Waals surface area contributed by atoms with Gasteiger partial charge in [0.05, 0.1) is 12.7 Å². The van der Waals surface area contributed by atoms with Crippen molar-refractivity contribution in [2.45, 2.75) is 122 Å². The van der Waals surface area contributed by atoms with E-state index in [0.717, 1.165) is 29.4 Å². The fourth-order valence-corrected chi connectivity index (χ4v) is 4.63. The predicted molar refractivity (Wildman–Crippen MR) is 147 cm³/mol. The average Bonchev–Trinajstić information content (AvgIpc) is 3.25. The van der Waals surface area contributed by atoms with Gasteiger partial charge in [-0.25, -0.2) is 4.98 Å². The summed E-state index contributed by atoms with van der Waals surface area (Å²) in [6, 6.07) is 8.19. The van der Waals surface area contributed by atoms with Crippen LogP contribution in [0.15, 0.2) is 30.5 Å². The number of benzene rings is 1. The zero-order chi connectivity index (χ0) is 26.9. The van der Waals surface area contributed by atoms with Crippen LogP contribution in [0.5, 0.6) is 5.75 Å². The Morgan fingerprint density at radius 3 is 2.03 bits per heavy atom. The second-order valence-corrected chi connectivity index (χ2v) is 10.2. The molecule has 210 valence electrons. The van der Waals surface area contributed by atoms with E-state index >= 15 is 0 Å². The third-order valence-electron chi connectivity index (χ3n) is 6.99. The highest BCUT2D eigenvalue weighted by atomic mass is 19.4. The topological polar surface area (TPSA) is 39.1 Å². The molecule has 0 saturated heterocycles. The summed E-state index contributed by atoms with van der Waals surface area (Å²) in [4.78, 5) is 3.87. The molecule has 0 radical (unpaired) electrons. The van der Waals surface area contributed by atoms with Crippen LogP contribution in [-0.4, -0.2) is 22.2 Å². The molecule has 1 aromatic carbocycles. The summed E-state index contributed by atoms with van der Waals surface area (Å²) in [6.07, 6.45) is 15.6. The van der Waals surface area contributed by atoms with Crippen LogP contribution in [0.1, 0.15) is 115 Å². The molecule has 2 aromatic rings. The Kier molecular flexibility index (Phi) is 14.6. The van der Waals surface area contributed by atoms with Crippen LogP contribution >= 0.6 is 0 Å². The van der Waals surface area contributed by atoms with Crippen LogP contribution in [0.4, 0.5) is 19.1 Å². The minimum atomic E-state index is -4.42. The number of hydrogen-bond donors (Lipinski definition) is 1. The number of aromatic nitrogens is 2. The molecule has 0 aliphatic heterocycles. The maximum Gasteiger partial charge on any atom is 0.433 e. The van der Waals surface area contributed by atoms with Crippen molar-refractivity contribution in [2.24, 2.45) is 7.05 Å². The Morgan fingerprint density at radius 2 is 1.49 bits per heavy atom. The number of imidazole rings is 1. The van der Waals surface area contributed by atoms with Gasteiger partial charge in [-0.1, -0.05) is 103 Å². The maximum absolute atomic E-state index is 13.0. The van der Waals surface area contributed by atoms with Crippen molar-refractivity contribution in [3.8, 4) is 5.75 Å². The van der Waals surface area contributed by atoms with E-state index in [1.54, 1.807) is 0 Å². The molecular formula is C30H48F3N3O. The molecule has 0 saturated carbocycles. The van der Waals surface area contributed by atoms with Gasteiger partial charge in [0.15, 0.2) is 0 Å². The molecule has 7 heteroatoms. The Balaban J connectivity index is 1.62. The van der Waals surface area contributed by atoms with Crippen LogP contribution in [0.2, 0.25) is 0 Å². The number of aryl methyl sites for hydroxylation is 1. The number of unbranched alkanes of at least 4 members (excludes halogenated alkanes) is 12. The molecule has 1 N–H and O–H groups in total. The Labute approximate surface area is 222 Å². The highest BCUT2D eigenvalue weighted by Crippen LogP contribution is 2.30. The number of ether oxygens (including phenoxy) is 1. The number of nitrogens with zero attached hydrogens (tertiary/aromatic N) is 2. The van der Waals surface area contributed by atoms with Crippen molar-refractivity contribution >= 4 is 5.95 Å². The zero-order valence-corrected chi connectivity index (χ0v) is 23.2. The van der Waals surface area contributed by atoms with E-state index in [-0.39, 0.29) is 12.1 Å². The Morgan fingerprint density at radius 1 is 0.892 bits per heavy atom. The SMILES string of the molecule is CCCCCCCCCCCCCCCc1cccc(OC(CC)CNc2ncc(C(F)(F)F)n2C)c1. The van der Waals surface area contributed by atoms with Crippen LogP contribution < -0.4 is 10.1 Å². The van der Waals surface area contributed by atoms with Crippen LogP contribution in [0.25, 0.3) is 0 Å². The summed E-state index contributed by atoms with van der Waals surface area (Å²) in [5.74, 6) is 0.988. The lowest BCUT2D eigenvalue weighted by molar-refractivity contribution is -0.143. The van der Waals surface area contributed by atoms with Crippen LogP contribution in [-0.2, 0) is 19.6 Å².